The highest BCUT2D eigenvalue weighted by Gasteiger charge is 2.35. The Balaban J connectivity index is 1.27. The molecule has 0 aliphatic carbocycles. The summed E-state index contributed by atoms with van der Waals surface area (Å²) in [6.07, 6.45) is 3.33. The number of fused-ring (bicyclic) bond motifs is 1. The molecule has 0 bridgehead atoms. The van der Waals surface area contributed by atoms with Gasteiger partial charge in [-0.3, -0.25) is 24.5 Å². The molecule has 0 spiro atoms. The van der Waals surface area contributed by atoms with E-state index in [2.05, 4.69) is 15.5 Å². The fourth-order valence-corrected chi connectivity index (χ4v) is 6.26. The Morgan fingerprint density at radius 2 is 1.62 bits per heavy atom. The molecule has 1 saturated heterocycles. The van der Waals surface area contributed by atoms with Crippen molar-refractivity contribution in [2.45, 2.75) is 64.1 Å². The molecule has 2 aliphatic rings. The molecular formula is C36H41ClN4O4. The summed E-state index contributed by atoms with van der Waals surface area (Å²) in [6, 6.07) is 20.8. The molecule has 1 fully saturated rings. The third-order valence-electron chi connectivity index (χ3n) is 8.80. The second kappa shape index (κ2) is 15.4. The first-order chi connectivity index (χ1) is 21.8. The summed E-state index contributed by atoms with van der Waals surface area (Å²) in [5.74, 6) is -0.708. The van der Waals surface area contributed by atoms with Crippen LogP contribution >= 0.6 is 11.6 Å². The van der Waals surface area contributed by atoms with Crippen molar-refractivity contribution in [1.29, 1.82) is 0 Å². The largest absolute Gasteiger partial charge is 0.328 e. The van der Waals surface area contributed by atoms with E-state index >= 15 is 0 Å². The van der Waals surface area contributed by atoms with Gasteiger partial charge < -0.3 is 15.1 Å². The van der Waals surface area contributed by atoms with E-state index in [0.29, 0.717) is 35.7 Å². The maximum absolute atomic E-state index is 13.8. The number of ketones is 2. The number of hydrogen-bond donors (Lipinski definition) is 2. The Morgan fingerprint density at radius 3 is 2.36 bits per heavy atom. The molecular weight excluding hydrogens is 588 g/mol. The van der Waals surface area contributed by atoms with Gasteiger partial charge in [-0.15, -0.1) is 0 Å². The van der Waals surface area contributed by atoms with Gasteiger partial charge in [0.05, 0.1) is 18.6 Å². The number of Topliss-reactive ketones (excluding diaryl/α,β-unsaturated/α-hetero) is 2. The number of nitrogens with zero attached hydrogens (tertiary/aromatic N) is 2. The molecule has 2 N–H and O–H groups in total. The van der Waals surface area contributed by atoms with Crippen LogP contribution in [0.25, 0.3) is 0 Å². The van der Waals surface area contributed by atoms with Crippen molar-refractivity contribution in [3.05, 3.63) is 100 Å². The second-order valence-electron chi connectivity index (χ2n) is 12.0. The fourth-order valence-electron chi connectivity index (χ4n) is 6.14. The van der Waals surface area contributed by atoms with Crippen molar-refractivity contribution in [1.82, 2.24) is 15.1 Å². The zero-order chi connectivity index (χ0) is 31.8. The average Bonchev–Trinajstić information content (AvgIpc) is 3.58. The molecule has 0 radical (unpaired) electrons. The van der Waals surface area contributed by atoms with Crippen LogP contribution in [0.1, 0.15) is 59.2 Å². The summed E-state index contributed by atoms with van der Waals surface area (Å²) < 4.78 is 0. The quantitative estimate of drug-likeness (QED) is 0.252. The van der Waals surface area contributed by atoms with Crippen LogP contribution in [0, 0.1) is 6.92 Å². The van der Waals surface area contributed by atoms with Crippen LogP contribution in [-0.2, 0) is 27.3 Å². The summed E-state index contributed by atoms with van der Waals surface area (Å²) in [5.41, 5.74) is 4.10. The standard InChI is InChI=1S/C36H41ClN4O4/c1-25-21-29(13-14-30(25)37)39-36(45)31(17-20-40-18-7-8-19-40)38-23-34(43)32-22-27-11-5-6-12-28(27)24-41(32)35(44)16-15-33(42)26-9-3-2-4-10-26/h2-6,9-14,21,31-32,38H,7-8,15-20,22-24H2,1H3,(H,39,45)/t31-,32-/m0/s1. The number of carbonyl (C=O) groups excluding carboxylic acids is 4. The van der Waals surface area contributed by atoms with Gasteiger partial charge in [0.1, 0.15) is 0 Å². The van der Waals surface area contributed by atoms with E-state index in [9.17, 15) is 19.2 Å². The summed E-state index contributed by atoms with van der Waals surface area (Å²) in [7, 11) is 0. The number of anilines is 1. The summed E-state index contributed by atoms with van der Waals surface area (Å²) >= 11 is 6.18. The number of hydrogen-bond acceptors (Lipinski definition) is 6. The van der Waals surface area contributed by atoms with Crippen molar-refractivity contribution in [3.63, 3.8) is 0 Å². The predicted molar refractivity (Wildman–Crippen MR) is 176 cm³/mol. The first-order valence-electron chi connectivity index (χ1n) is 15.8. The molecule has 2 aliphatic heterocycles. The van der Waals surface area contributed by atoms with Crippen molar-refractivity contribution >= 4 is 40.7 Å². The molecule has 45 heavy (non-hydrogen) atoms. The predicted octanol–water partition coefficient (Wildman–Crippen LogP) is 5.22. The van der Waals surface area contributed by atoms with Gasteiger partial charge in [0.15, 0.2) is 11.6 Å². The van der Waals surface area contributed by atoms with Gasteiger partial charge >= 0.3 is 0 Å². The van der Waals surface area contributed by atoms with E-state index in [1.165, 1.54) is 0 Å². The number of aryl methyl sites for hydroxylation is 1. The summed E-state index contributed by atoms with van der Waals surface area (Å²) in [4.78, 5) is 57.5. The maximum Gasteiger partial charge on any atom is 0.241 e. The number of carbonyl (C=O) groups is 4. The highest BCUT2D eigenvalue weighted by Crippen LogP contribution is 2.25. The maximum atomic E-state index is 13.8. The molecule has 3 aromatic carbocycles. The molecule has 3 aromatic rings. The van der Waals surface area contributed by atoms with Crippen LogP contribution in [0.4, 0.5) is 5.69 Å². The molecule has 2 heterocycles. The van der Waals surface area contributed by atoms with Crippen LogP contribution in [0.3, 0.4) is 0 Å². The molecule has 236 valence electrons. The molecule has 8 nitrogen and oxygen atoms in total. The first kappa shape index (κ1) is 32.5. The van der Waals surface area contributed by atoms with Gasteiger partial charge in [-0.05, 0) is 74.2 Å². The van der Waals surface area contributed by atoms with E-state index < -0.39 is 12.1 Å². The molecule has 2 amide bonds. The van der Waals surface area contributed by atoms with Crippen LogP contribution in [-0.4, -0.2) is 71.4 Å². The SMILES string of the molecule is Cc1cc(NC(=O)[C@H](CCN2CCCC2)NCC(=O)[C@@H]2Cc3ccccc3CN2C(=O)CCC(=O)c2ccccc2)ccc1Cl. The lowest BCUT2D eigenvalue weighted by Gasteiger charge is -2.36. The zero-order valence-electron chi connectivity index (χ0n) is 25.8. The average molecular weight is 629 g/mol. The van der Waals surface area contributed by atoms with Crippen molar-refractivity contribution in [2.75, 3.05) is 31.5 Å². The number of amides is 2. The third-order valence-corrected chi connectivity index (χ3v) is 9.22. The lowest BCUT2D eigenvalue weighted by atomic mass is 9.91. The van der Waals surface area contributed by atoms with Crippen LogP contribution < -0.4 is 10.6 Å². The number of halogens is 1. The van der Waals surface area contributed by atoms with E-state index in [0.717, 1.165) is 49.2 Å². The van der Waals surface area contributed by atoms with Crippen LogP contribution in [0.5, 0.6) is 0 Å². The molecule has 2 atom stereocenters. The Bertz CT molecular complexity index is 1520. The van der Waals surface area contributed by atoms with E-state index in [1.807, 2.05) is 43.3 Å². The fraction of sp³-hybridized carbons (Fsp3) is 0.389. The van der Waals surface area contributed by atoms with E-state index in [1.54, 1.807) is 41.3 Å². The normalized spacial score (nSPS) is 17.0. The Labute approximate surface area is 270 Å². The van der Waals surface area contributed by atoms with Gasteiger partial charge in [-0.2, -0.15) is 0 Å². The summed E-state index contributed by atoms with van der Waals surface area (Å²) in [6.45, 7) is 4.89. The van der Waals surface area contributed by atoms with E-state index in [4.69, 9.17) is 11.6 Å². The zero-order valence-corrected chi connectivity index (χ0v) is 26.5. The minimum atomic E-state index is -0.687. The topological polar surface area (TPSA) is 98.8 Å². The highest BCUT2D eigenvalue weighted by atomic mass is 35.5. The van der Waals surface area contributed by atoms with Gasteiger partial charge in [0, 0.05) is 48.6 Å². The highest BCUT2D eigenvalue weighted by molar-refractivity contribution is 6.31. The lowest BCUT2D eigenvalue weighted by molar-refractivity contribution is -0.140. The second-order valence-corrected chi connectivity index (χ2v) is 12.4. The Kier molecular flexibility index (Phi) is 11.2. The molecule has 0 unspecified atom stereocenters. The minimum Gasteiger partial charge on any atom is -0.328 e. The van der Waals surface area contributed by atoms with Crippen LogP contribution in [0.15, 0.2) is 72.8 Å². The van der Waals surface area contributed by atoms with Crippen molar-refractivity contribution in [3.8, 4) is 0 Å². The molecule has 0 aromatic heterocycles. The molecule has 9 heteroatoms. The van der Waals surface area contributed by atoms with Crippen molar-refractivity contribution in [2.24, 2.45) is 0 Å². The number of nitrogens with one attached hydrogen (secondary N) is 2. The first-order valence-corrected chi connectivity index (χ1v) is 16.2. The smallest absolute Gasteiger partial charge is 0.241 e. The Morgan fingerprint density at radius 1 is 0.911 bits per heavy atom. The minimum absolute atomic E-state index is 0.0223. The van der Waals surface area contributed by atoms with Gasteiger partial charge in [-0.25, -0.2) is 0 Å². The van der Waals surface area contributed by atoms with E-state index in [-0.39, 0.29) is 42.8 Å². The van der Waals surface area contributed by atoms with Gasteiger partial charge in [-0.1, -0.05) is 66.2 Å². The monoisotopic (exact) mass is 628 g/mol. The third kappa shape index (κ3) is 8.66. The number of rotatable bonds is 13. The number of likely N-dealkylation sites (tertiary alicyclic amines) is 1. The summed E-state index contributed by atoms with van der Waals surface area (Å²) in [5, 5.41) is 6.84. The lowest BCUT2D eigenvalue weighted by Crippen LogP contribution is -2.53. The van der Waals surface area contributed by atoms with Gasteiger partial charge in [0.25, 0.3) is 0 Å². The van der Waals surface area contributed by atoms with Crippen molar-refractivity contribution < 1.29 is 19.2 Å². The molecule has 0 saturated carbocycles. The van der Waals surface area contributed by atoms with Gasteiger partial charge in [0.2, 0.25) is 11.8 Å². The number of benzene rings is 3. The molecule has 5 rings (SSSR count). The van der Waals surface area contributed by atoms with Crippen LogP contribution in [0.2, 0.25) is 5.02 Å². The Hall–Kier alpha value is -3.85.